The van der Waals surface area contributed by atoms with Gasteiger partial charge in [0.25, 0.3) is 5.91 Å². The average molecular weight is 325 g/mol. The first kappa shape index (κ1) is 15.7. The summed E-state index contributed by atoms with van der Waals surface area (Å²) in [6.07, 6.45) is 0. The van der Waals surface area contributed by atoms with E-state index in [2.05, 4.69) is 10.6 Å². The molecule has 7 nitrogen and oxygen atoms in total. The van der Waals surface area contributed by atoms with Crippen LogP contribution in [0.25, 0.3) is 11.0 Å². The lowest BCUT2D eigenvalue weighted by molar-refractivity contribution is 0.0963. The van der Waals surface area contributed by atoms with Crippen LogP contribution in [-0.4, -0.2) is 22.1 Å². The largest absolute Gasteiger partial charge is 0.397 e. The Morgan fingerprint density at radius 1 is 1.04 bits per heavy atom. The third-order valence-electron chi connectivity index (χ3n) is 4.09. The molecule has 0 saturated heterocycles. The Bertz CT molecular complexity index is 1000. The van der Waals surface area contributed by atoms with Gasteiger partial charge < -0.3 is 16.4 Å². The SMILES string of the molecule is CNC(=O)c1ccc(N)c(Nc2ccc3c(c2)n(C)c(=O)n3C)c1. The molecule has 0 fully saturated rings. The lowest BCUT2D eigenvalue weighted by Crippen LogP contribution is -2.19. The molecule has 0 aliphatic rings. The molecule has 0 aliphatic heterocycles. The van der Waals surface area contributed by atoms with Gasteiger partial charge in [0.2, 0.25) is 0 Å². The van der Waals surface area contributed by atoms with Gasteiger partial charge in [-0.05, 0) is 36.4 Å². The molecular weight excluding hydrogens is 306 g/mol. The van der Waals surface area contributed by atoms with Crippen LogP contribution in [0.3, 0.4) is 0 Å². The van der Waals surface area contributed by atoms with Crippen molar-refractivity contribution in [3.8, 4) is 0 Å². The van der Waals surface area contributed by atoms with Crippen LogP contribution in [0.15, 0.2) is 41.2 Å². The van der Waals surface area contributed by atoms with E-state index in [1.807, 2.05) is 18.2 Å². The van der Waals surface area contributed by atoms with Crippen molar-refractivity contribution < 1.29 is 4.79 Å². The first-order valence-electron chi connectivity index (χ1n) is 7.46. The molecule has 1 amide bonds. The number of amides is 1. The van der Waals surface area contributed by atoms with E-state index in [1.54, 1.807) is 48.5 Å². The summed E-state index contributed by atoms with van der Waals surface area (Å²) < 4.78 is 3.19. The summed E-state index contributed by atoms with van der Waals surface area (Å²) in [5.41, 5.74) is 10.0. The molecule has 2 aromatic carbocycles. The van der Waals surface area contributed by atoms with Crippen molar-refractivity contribution in [2.24, 2.45) is 14.1 Å². The summed E-state index contributed by atoms with van der Waals surface area (Å²) in [6.45, 7) is 0. The van der Waals surface area contributed by atoms with Crippen molar-refractivity contribution in [2.75, 3.05) is 18.1 Å². The Kier molecular flexibility index (Phi) is 3.76. The minimum absolute atomic E-state index is 0.0803. The summed E-state index contributed by atoms with van der Waals surface area (Å²) in [4.78, 5) is 23.8. The van der Waals surface area contributed by atoms with Gasteiger partial charge in [-0.3, -0.25) is 13.9 Å². The Balaban J connectivity index is 2.02. The molecule has 0 atom stereocenters. The van der Waals surface area contributed by atoms with Crippen LogP contribution in [0.1, 0.15) is 10.4 Å². The Hall–Kier alpha value is -3.22. The minimum atomic E-state index is -0.182. The number of aromatic nitrogens is 2. The van der Waals surface area contributed by atoms with E-state index >= 15 is 0 Å². The van der Waals surface area contributed by atoms with Gasteiger partial charge in [-0.2, -0.15) is 0 Å². The normalized spacial score (nSPS) is 10.8. The fourth-order valence-electron chi connectivity index (χ4n) is 2.69. The molecule has 7 heteroatoms. The first-order valence-corrected chi connectivity index (χ1v) is 7.46. The molecule has 0 bridgehead atoms. The molecule has 0 spiro atoms. The van der Waals surface area contributed by atoms with Gasteiger partial charge in [0.1, 0.15) is 0 Å². The third kappa shape index (κ3) is 2.50. The molecular formula is C17H19N5O2. The molecule has 124 valence electrons. The molecule has 1 aromatic heterocycles. The second-order valence-electron chi connectivity index (χ2n) is 5.61. The van der Waals surface area contributed by atoms with Gasteiger partial charge in [-0.1, -0.05) is 0 Å². The first-order chi connectivity index (χ1) is 11.4. The van der Waals surface area contributed by atoms with Crippen molar-refractivity contribution in [3.63, 3.8) is 0 Å². The number of hydrogen-bond acceptors (Lipinski definition) is 4. The lowest BCUT2D eigenvalue weighted by atomic mass is 10.1. The summed E-state index contributed by atoms with van der Waals surface area (Å²) in [6, 6.07) is 10.7. The summed E-state index contributed by atoms with van der Waals surface area (Å²) in [5, 5.41) is 5.79. The van der Waals surface area contributed by atoms with Crippen molar-refractivity contribution in [3.05, 3.63) is 52.4 Å². The second kappa shape index (κ2) is 5.77. The molecule has 24 heavy (non-hydrogen) atoms. The number of fused-ring (bicyclic) bond motifs is 1. The van der Waals surface area contributed by atoms with E-state index in [0.29, 0.717) is 16.9 Å². The van der Waals surface area contributed by atoms with E-state index < -0.39 is 0 Å². The highest BCUT2D eigenvalue weighted by Gasteiger charge is 2.10. The third-order valence-corrected chi connectivity index (χ3v) is 4.09. The molecule has 0 saturated carbocycles. The molecule has 3 aromatic rings. The van der Waals surface area contributed by atoms with Crippen LogP contribution in [0.2, 0.25) is 0 Å². The highest BCUT2D eigenvalue weighted by molar-refractivity contribution is 5.96. The number of hydrogen-bond donors (Lipinski definition) is 3. The number of carbonyl (C=O) groups is 1. The van der Waals surface area contributed by atoms with Crippen molar-refractivity contribution in [2.45, 2.75) is 0 Å². The van der Waals surface area contributed by atoms with E-state index in [1.165, 1.54) is 0 Å². The molecule has 0 radical (unpaired) electrons. The molecule has 0 aliphatic carbocycles. The zero-order valence-corrected chi connectivity index (χ0v) is 13.8. The van der Waals surface area contributed by atoms with Crippen molar-refractivity contribution in [1.82, 2.24) is 14.5 Å². The molecule has 4 N–H and O–H groups in total. The number of nitrogen functional groups attached to an aromatic ring is 1. The number of nitrogens with two attached hydrogens (primary N) is 1. The van der Waals surface area contributed by atoms with Crippen LogP contribution in [0.4, 0.5) is 17.1 Å². The zero-order chi connectivity index (χ0) is 17.4. The van der Waals surface area contributed by atoms with Gasteiger partial charge in [-0.25, -0.2) is 4.79 Å². The van der Waals surface area contributed by atoms with Gasteiger partial charge in [0, 0.05) is 32.4 Å². The summed E-state index contributed by atoms with van der Waals surface area (Å²) >= 11 is 0. The van der Waals surface area contributed by atoms with Crippen LogP contribution >= 0.6 is 0 Å². The van der Waals surface area contributed by atoms with Crippen molar-refractivity contribution >= 4 is 34.0 Å². The van der Waals surface area contributed by atoms with Gasteiger partial charge in [0.05, 0.1) is 22.4 Å². The van der Waals surface area contributed by atoms with E-state index in [0.717, 1.165) is 16.7 Å². The number of benzene rings is 2. The number of anilines is 3. The van der Waals surface area contributed by atoms with E-state index in [9.17, 15) is 9.59 Å². The van der Waals surface area contributed by atoms with E-state index in [-0.39, 0.29) is 11.6 Å². The van der Waals surface area contributed by atoms with E-state index in [4.69, 9.17) is 5.73 Å². The number of rotatable bonds is 3. The lowest BCUT2D eigenvalue weighted by Gasteiger charge is -2.11. The molecule has 0 unspecified atom stereocenters. The minimum Gasteiger partial charge on any atom is -0.397 e. The van der Waals surface area contributed by atoms with Crippen LogP contribution in [0, 0.1) is 0 Å². The summed E-state index contributed by atoms with van der Waals surface area (Å²) in [7, 11) is 5.05. The average Bonchev–Trinajstić information content (AvgIpc) is 2.80. The Morgan fingerprint density at radius 3 is 2.46 bits per heavy atom. The maximum Gasteiger partial charge on any atom is 0.328 e. The van der Waals surface area contributed by atoms with Crippen LogP contribution < -0.4 is 22.1 Å². The highest BCUT2D eigenvalue weighted by atomic mass is 16.2. The number of carbonyl (C=O) groups excluding carboxylic acids is 1. The fraction of sp³-hybridized carbons (Fsp3) is 0.176. The second-order valence-corrected chi connectivity index (χ2v) is 5.61. The monoisotopic (exact) mass is 325 g/mol. The predicted molar refractivity (Wildman–Crippen MR) is 95.7 cm³/mol. The van der Waals surface area contributed by atoms with Gasteiger partial charge >= 0.3 is 5.69 Å². The van der Waals surface area contributed by atoms with Crippen LogP contribution in [0.5, 0.6) is 0 Å². The summed E-state index contributed by atoms with van der Waals surface area (Å²) in [5.74, 6) is -0.182. The highest BCUT2D eigenvalue weighted by Crippen LogP contribution is 2.26. The topological polar surface area (TPSA) is 94.1 Å². The molecule has 1 heterocycles. The fourth-order valence-corrected chi connectivity index (χ4v) is 2.69. The quantitative estimate of drug-likeness (QED) is 0.637. The van der Waals surface area contributed by atoms with Gasteiger partial charge in [-0.15, -0.1) is 0 Å². The number of imidazole rings is 1. The number of nitrogens with zero attached hydrogens (tertiary/aromatic N) is 2. The predicted octanol–water partition coefficient (Wildman–Crippen LogP) is 1.56. The number of nitrogens with one attached hydrogen (secondary N) is 2. The molecule has 3 rings (SSSR count). The van der Waals surface area contributed by atoms with Gasteiger partial charge in [0.15, 0.2) is 0 Å². The Labute approximate surface area is 138 Å². The zero-order valence-electron chi connectivity index (χ0n) is 13.8. The smallest absolute Gasteiger partial charge is 0.328 e. The maximum absolute atomic E-state index is 12.0. The standard InChI is InChI=1S/C17H19N5O2/c1-19-16(23)10-4-6-12(18)13(8-10)20-11-5-7-14-15(9-11)22(3)17(24)21(14)2/h4-9,20H,18H2,1-3H3,(H,19,23). The Morgan fingerprint density at radius 2 is 1.75 bits per heavy atom. The van der Waals surface area contributed by atoms with Crippen LogP contribution in [-0.2, 0) is 14.1 Å². The van der Waals surface area contributed by atoms with Crippen molar-refractivity contribution in [1.29, 1.82) is 0 Å². The maximum atomic E-state index is 12.0. The number of aryl methyl sites for hydroxylation is 2.